The average molecular weight is 292 g/mol. The number of nitrogens with two attached hydrogens (primary N) is 1. The van der Waals surface area contributed by atoms with E-state index in [1.54, 1.807) is 7.48 Å². The quantitative estimate of drug-likeness (QED) is 0.566. The van der Waals surface area contributed by atoms with E-state index < -0.39 is 6.10 Å². The molecule has 1 aromatic carbocycles. The van der Waals surface area contributed by atoms with Crippen molar-refractivity contribution in [3.8, 4) is 5.75 Å². The van der Waals surface area contributed by atoms with Crippen molar-refractivity contribution < 1.29 is 19.2 Å². The Morgan fingerprint density at radius 2 is 2.38 bits per heavy atom. The number of ether oxygens (including phenoxy) is 2. The van der Waals surface area contributed by atoms with E-state index >= 15 is 0 Å². The summed E-state index contributed by atoms with van der Waals surface area (Å²) in [7, 11) is 1.64. The molecule has 5 nitrogen and oxygen atoms in total. The molecule has 0 spiro atoms. The molecule has 0 bridgehead atoms. The zero-order valence-electron chi connectivity index (χ0n) is 12.5. The van der Waals surface area contributed by atoms with E-state index in [0.717, 1.165) is 30.5 Å². The monoisotopic (exact) mass is 292 g/mol. The van der Waals surface area contributed by atoms with Crippen molar-refractivity contribution in [2.24, 2.45) is 5.73 Å². The lowest BCUT2D eigenvalue weighted by Gasteiger charge is -2.15. The van der Waals surface area contributed by atoms with Gasteiger partial charge in [-0.3, -0.25) is 0 Å². The summed E-state index contributed by atoms with van der Waals surface area (Å²) in [5, 5.41) is 9.96. The smallest absolute Gasteiger partial charge is 0.334 e. The minimum Gasteiger partial charge on any atom is -0.491 e. The molecule has 6 heteroatoms. The summed E-state index contributed by atoms with van der Waals surface area (Å²) in [5.74, 6) is 0.705. The molecule has 0 saturated heterocycles. The molecule has 0 amide bonds. The van der Waals surface area contributed by atoms with Crippen LogP contribution < -0.4 is 15.9 Å². The fourth-order valence-electron chi connectivity index (χ4n) is 2.17. The number of fused-ring (bicyclic) bond motifs is 1. The molecule has 21 heavy (non-hydrogen) atoms. The van der Waals surface area contributed by atoms with Gasteiger partial charge in [-0.1, -0.05) is 25.5 Å². The largest absolute Gasteiger partial charge is 0.491 e. The van der Waals surface area contributed by atoms with Gasteiger partial charge in [0.1, 0.15) is 12.4 Å². The van der Waals surface area contributed by atoms with E-state index in [-0.39, 0.29) is 12.6 Å². The molecule has 3 N–H and O–H groups in total. The van der Waals surface area contributed by atoms with Crippen molar-refractivity contribution in [1.82, 2.24) is 0 Å². The number of unbranched alkanes of at least 4 members (excludes halogenated alkanes) is 1. The molecular formula is C15H23BNO4. The molecule has 2 atom stereocenters. The fraction of sp³-hybridized carbons (Fsp3) is 0.600. The normalized spacial score (nSPS) is 19.1. The zero-order chi connectivity index (χ0) is 15.1. The zero-order valence-corrected chi connectivity index (χ0v) is 12.5. The van der Waals surface area contributed by atoms with Gasteiger partial charge in [-0.2, -0.15) is 0 Å². The third kappa shape index (κ3) is 4.44. The molecule has 1 heterocycles. The highest BCUT2D eigenvalue weighted by Gasteiger charge is 2.23. The van der Waals surface area contributed by atoms with Crippen LogP contribution in [-0.4, -0.2) is 45.1 Å². The summed E-state index contributed by atoms with van der Waals surface area (Å²) in [6.07, 6.45) is 1.29. The molecular weight excluding hydrogens is 269 g/mol. The van der Waals surface area contributed by atoms with Gasteiger partial charge in [-0.05, 0) is 23.5 Å². The maximum absolute atomic E-state index is 9.96. The van der Waals surface area contributed by atoms with Gasteiger partial charge in [0.25, 0.3) is 0 Å². The van der Waals surface area contributed by atoms with Crippen LogP contribution in [0.3, 0.4) is 0 Å². The van der Waals surface area contributed by atoms with Gasteiger partial charge in [0.05, 0.1) is 18.8 Å². The molecule has 1 aliphatic rings. The molecule has 0 fully saturated rings. The van der Waals surface area contributed by atoms with Gasteiger partial charge in [0, 0.05) is 13.2 Å². The number of rotatable bonds is 7. The van der Waals surface area contributed by atoms with Crippen molar-refractivity contribution in [1.29, 1.82) is 0 Å². The molecule has 0 saturated carbocycles. The first kappa shape index (κ1) is 16.3. The first-order chi connectivity index (χ1) is 10.3. The molecule has 2 rings (SSSR count). The lowest BCUT2D eigenvalue weighted by Crippen LogP contribution is -2.30. The van der Waals surface area contributed by atoms with Crippen LogP contribution >= 0.6 is 0 Å². The SMILES string of the molecule is CCCCOCC1COc2cccc(C(O)CN)c2[B]O1. The van der Waals surface area contributed by atoms with Crippen LogP contribution in [0.4, 0.5) is 0 Å². The molecule has 0 aromatic heterocycles. The number of aliphatic hydroxyl groups is 1. The van der Waals surface area contributed by atoms with E-state index in [9.17, 15) is 5.11 Å². The second kappa shape index (κ2) is 8.39. The third-order valence-corrected chi connectivity index (χ3v) is 3.43. The van der Waals surface area contributed by atoms with Crippen LogP contribution in [0, 0.1) is 0 Å². The van der Waals surface area contributed by atoms with Gasteiger partial charge in [0.2, 0.25) is 0 Å². The Morgan fingerprint density at radius 3 is 3.14 bits per heavy atom. The predicted molar refractivity (Wildman–Crippen MR) is 81.9 cm³/mol. The predicted octanol–water partition coefficient (Wildman–Crippen LogP) is 0.518. The fourth-order valence-corrected chi connectivity index (χ4v) is 2.17. The molecule has 115 valence electrons. The van der Waals surface area contributed by atoms with Crippen molar-refractivity contribution in [3.63, 3.8) is 0 Å². The molecule has 1 aliphatic heterocycles. The van der Waals surface area contributed by atoms with Crippen LogP contribution in [0.15, 0.2) is 18.2 Å². The lowest BCUT2D eigenvalue weighted by atomic mass is 9.81. The van der Waals surface area contributed by atoms with Crippen LogP contribution in [-0.2, 0) is 9.39 Å². The second-order valence-corrected chi connectivity index (χ2v) is 5.13. The molecule has 0 aliphatic carbocycles. The van der Waals surface area contributed by atoms with Crippen LogP contribution in [0.1, 0.15) is 31.4 Å². The van der Waals surface area contributed by atoms with Gasteiger partial charge < -0.3 is 25.0 Å². The summed E-state index contributed by atoms with van der Waals surface area (Å²) < 4.78 is 17.1. The highest BCUT2D eigenvalue weighted by atomic mass is 16.5. The topological polar surface area (TPSA) is 73.9 Å². The summed E-state index contributed by atoms with van der Waals surface area (Å²) in [6.45, 7) is 3.95. The van der Waals surface area contributed by atoms with Gasteiger partial charge >= 0.3 is 7.48 Å². The minimum absolute atomic E-state index is 0.142. The standard InChI is InChI=1S/C15H23BNO4/c1-2-3-7-19-9-11-10-20-14-6-4-5-12(13(18)8-17)15(14)16-21-11/h4-6,11,13,18H,2-3,7-10,17H2,1H3. The van der Waals surface area contributed by atoms with Crippen molar-refractivity contribution >= 4 is 12.9 Å². The van der Waals surface area contributed by atoms with Crippen LogP contribution in [0.2, 0.25) is 0 Å². The maximum atomic E-state index is 9.96. The first-order valence-electron chi connectivity index (χ1n) is 7.46. The number of aliphatic hydroxyl groups excluding tert-OH is 1. The summed E-state index contributed by atoms with van der Waals surface area (Å²) in [6, 6.07) is 5.54. The van der Waals surface area contributed by atoms with Crippen LogP contribution in [0.25, 0.3) is 0 Å². The molecule has 1 aromatic rings. The molecule has 2 unspecified atom stereocenters. The number of hydrogen-bond donors (Lipinski definition) is 2. The van der Waals surface area contributed by atoms with Crippen molar-refractivity contribution in [2.45, 2.75) is 32.0 Å². The summed E-state index contributed by atoms with van der Waals surface area (Å²) in [5.41, 5.74) is 7.01. The highest BCUT2D eigenvalue weighted by Crippen LogP contribution is 2.18. The Kier molecular flexibility index (Phi) is 6.51. The first-order valence-corrected chi connectivity index (χ1v) is 7.46. The summed E-state index contributed by atoms with van der Waals surface area (Å²) in [4.78, 5) is 0. The van der Waals surface area contributed by atoms with Gasteiger partial charge in [-0.15, -0.1) is 0 Å². The number of hydrogen-bond acceptors (Lipinski definition) is 5. The van der Waals surface area contributed by atoms with E-state index in [2.05, 4.69) is 6.92 Å². The Morgan fingerprint density at radius 1 is 1.52 bits per heavy atom. The Labute approximate surface area is 126 Å². The van der Waals surface area contributed by atoms with E-state index in [4.69, 9.17) is 19.9 Å². The number of benzene rings is 1. The van der Waals surface area contributed by atoms with Gasteiger partial charge in [-0.25, -0.2) is 0 Å². The summed E-state index contributed by atoms with van der Waals surface area (Å²) >= 11 is 0. The second-order valence-electron chi connectivity index (χ2n) is 5.13. The Bertz CT molecular complexity index is 444. The van der Waals surface area contributed by atoms with Crippen LogP contribution in [0.5, 0.6) is 5.75 Å². The third-order valence-electron chi connectivity index (χ3n) is 3.43. The highest BCUT2D eigenvalue weighted by molar-refractivity contribution is 6.49. The van der Waals surface area contributed by atoms with E-state index in [0.29, 0.717) is 19.0 Å². The average Bonchev–Trinajstić information content (AvgIpc) is 2.73. The maximum Gasteiger partial charge on any atom is 0.334 e. The Balaban J connectivity index is 1.97. The van der Waals surface area contributed by atoms with Gasteiger partial charge in [0.15, 0.2) is 0 Å². The van der Waals surface area contributed by atoms with E-state index in [1.165, 1.54) is 0 Å². The molecule has 1 radical (unpaired) electrons. The Hall–Kier alpha value is -1.08. The van der Waals surface area contributed by atoms with Crippen molar-refractivity contribution in [3.05, 3.63) is 23.8 Å². The van der Waals surface area contributed by atoms with E-state index in [1.807, 2.05) is 18.2 Å². The lowest BCUT2D eigenvalue weighted by molar-refractivity contribution is 0.0303. The van der Waals surface area contributed by atoms with Crippen molar-refractivity contribution in [2.75, 3.05) is 26.4 Å². The minimum atomic E-state index is -0.722.